The minimum atomic E-state index is 0.469. The molecule has 0 aromatic heterocycles. The summed E-state index contributed by atoms with van der Waals surface area (Å²) in [7, 11) is 2.23. The van der Waals surface area contributed by atoms with Crippen molar-refractivity contribution in [1.29, 1.82) is 0 Å². The first kappa shape index (κ1) is 14.9. The molecule has 0 spiro atoms. The van der Waals surface area contributed by atoms with Crippen LogP contribution < -0.4 is 10.1 Å². The van der Waals surface area contributed by atoms with Crippen LogP contribution in [0.15, 0.2) is 18.2 Å². The number of piperidine rings is 1. The normalized spacial score (nSPS) is 27.2. The molecule has 3 heteroatoms. The predicted octanol–water partition coefficient (Wildman–Crippen LogP) is 3.14. The number of nitrogens with one attached hydrogen (secondary N) is 1. The molecule has 1 N–H and O–H groups in total. The monoisotopic (exact) mass is 288 g/mol. The van der Waals surface area contributed by atoms with Crippen LogP contribution in [-0.2, 0) is 6.42 Å². The molecule has 0 aliphatic carbocycles. The van der Waals surface area contributed by atoms with E-state index in [1.54, 1.807) is 0 Å². The van der Waals surface area contributed by atoms with Crippen molar-refractivity contribution in [3.63, 3.8) is 0 Å². The maximum atomic E-state index is 5.62. The second-order valence-corrected chi connectivity index (χ2v) is 6.64. The minimum absolute atomic E-state index is 0.469. The molecule has 0 radical (unpaired) electrons. The molecule has 3 nitrogen and oxygen atoms in total. The third-order valence-electron chi connectivity index (χ3n) is 5.17. The summed E-state index contributed by atoms with van der Waals surface area (Å²) in [6.07, 6.45) is 4.71. The zero-order valence-corrected chi connectivity index (χ0v) is 13.6. The molecule has 2 heterocycles. The second kappa shape index (κ2) is 6.37. The van der Waals surface area contributed by atoms with Gasteiger partial charge >= 0.3 is 0 Å². The van der Waals surface area contributed by atoms with Crippen molar-refractivity contribution in [3.8, 4) is 5.75 Å². The van der Waals surface area contributed by atoms with Crippen molar-refractivity contribution in [2.45, 2.75) is 57.7 Å². The van der Waals surface area contributed by atoms with Gasteiger partial charge in [0.1, 0.15) is 5.75 Å². The minimum Gasteiger partial charge on any atom is -0.493 e. The Hall–Kier alpha value is -1.06. The second-order valence-electron chi connectivity index (χ2n) is 6.64. The van der Waals surface area contributed by atoms with Crippen LogP contribution in [0.2, 0.25) is 0 Å². The summed E-state index contributed by atoms with van der Waals surface area (Å²) in [6.45, 7) is 6.66. The fraction of sp³-hybridized carbons (Fsp3) is 0.667. The first-order valence-corrected chi connectivity index (χ1v) is 8.39. The maximum absolute atomic E-state index is 5.62. The molecule has 3 unspecified atom stereocenters. The lowest BCUT2D eigenvalue weighted by atomic mass is 9.95. The molecule has 0 saturated carbocycles. The summed E-state index contributed by atoms with van der Waals surface area (Å²) >= 11 is 0. The highest BCUT2D eigenvalue weighted by atomic mass is 16.5. The van der Waals surface area contributed by atoms with Gasteiger partial charge < -0.3 is 15.0 Å². The van der Waals surface area contributed by atoms with E-state index < -0.39 is 0 Å². The lowest BCUT2D eigenvalue weighted by Crippen LogP contribution is -2.46. The lowest BCUT2D eigenvalue weighted by Gasteiger charge is -2.37. The Kier molecular flexibility index (Phi) is 4.51. The lowest BCUT2D eigenvalue weighted by molar-refractivity contribution is 0.161. The van der Waals surface area contributed by atoms with Crippen molar-refractivity contribution in [2.75, 3.05) is 20.2 Å². The van der Waals surface area contributed by atoms with Crippen LogP contribution in [0.1, 0.15) is 50.3 Å². The summed E-state index contributed by atoms with van der Waals surface area (Å²) in [5.74, 6) is 1.08. The van der Waals surface area contributed by atoms with Gasteiger partial charge in [0.25, 0.3) is 0 Å². The molecular weight excluding hydrogens is 260 g/mol. The van der Waals surface area contributed by atoms with Crippen molar-refractivity contribution < 1.29 is 4.74 Å². The number of rotatable bonds is 4. The average Bonchev–Trinajstić information content (AvgIpc) is 2.95. The quantitative estimate of drug-likeness (QED) is 0.921. The van der Waals surface area contributed by atoms with Crippen molar-refractivity contribution >= 4 is 0 Å². The van der Waals surface area contributed by atoms with Crippen LogP contribution in [-0.4, -0.2) is 37.2 Å². The highest BCUT2D eigenvalue weighted by Gasteiger charge is 2.25. The molecule has 3 atom stereocenters. The summed E-state index contributed by atoms with van der Waals surface area (Å²) in [6, 6.07) is 8.54. The Morgan fingerprint density at radius 3 is 3.05 bits per heavy atom. The molecular formula is C18H28N2O. The van der Waals surface area contributed by atoms with Crippen LogP contribution in [0, 0.1) is 0 Å². The Balaban J connectivity index is 1.68. The van der Waals surface area contributed by atoms with Crippen LogP contribution in [0.4, 0.5) is 0 Å². The van der Waals surface area contributed by atoms with Crippen LogP contribution in [0.3, 0.4) is 0 Å². The zero-order chi connectivity index (χ0) is 14.8. The topological polar surface area (TPSA) is 24.5 Å². The molecule has 3 rings (SSSR count). The number of hydrogen-bond donors (Lipinski definition) is 1. The number of fused-ring (bicyclic) bond motifs is 1. The van der Waals surface area contributed by atoms with E-state index in [2.05, 4.69) is 49.3 Å². The van der Waals surface area contributed by atoms with Crippen LogP contribution >= 0.6 is 0 Å². The van der Waals surface area contributed by atoms with Gasteiger partial charge in [-0.3, -0.25) is 0 Å². The molecule has 1 aromatic rings. The molecule has 2 aliphatic heterocycles. The molecule has 1 fully saturated rings. The Labute approximate surface area is 128 Å². The third-order valence-corrected chi connectivity index (χ3v) is 5.17. The van der Waals surface area contributed by atoms with Gasteiger partial charge in [0.05, 0.1) is 6.61 Å². The molecule has 21 heavy (non-hydrogen) atoms. The Morgan fingerprint density at radius 1 is 1.43 bits per heavy atom. The third kappa shape index (κ3) is 3.24. The van der Waals surface area contributed by atoms with Crippen molar-refractivity contribution in [1.82, 2.24) is 10.2 Å². The summed E-state index contributed by atoms with van der Waals surface area (Å²) in [4.78, 5) is 2.46. The predicted molar refractivity (Wildman–Crippen MR) is 86.9 cm³/mol. The van der Waals surface area contributed by atoms with Gasteiger partial charge in [-0.05, 0) is 57.0 Å². The summed E-state index contributed by atoms with van der Waals surface area (Å²) in [5, 5.41) is 3.90. The van der Waals surface area contributed by atoms with Crippen molar-refractivity contribution in [2.24, 2.45) is 0 Å². The molecule has 2 aliphatic rings. The van der Waals surface area contributed by atoms with Crippen LogP contribution in [0.5, 0.6) is 5.75 Å². The number of likely N-dealkylation sites (tertiary alicyclic amines) is 1. The molecule has 0 bridgehead atoms. The fourth-order valence-electron chi connectivity index (χ4n) is 3.60. The fourth-order valence-corrected chi connectivity index (χ4v) is 3.60. The molecule has 1 saturated heterocycles. The Morgan fingerprint density at radius 2 is 2.29 bits per heavy atom. The van der Waals surface area contributed by atoms with Crippen LogP contribution in [0.25, 0.3) is 0 Å². The van der Waals surface area contributed by atoms with E-state index in [0.717, 1.165) is 25.2 Å². The van der Waals surface area contributed by atoms with Gasteiger partial charge in [0, 0.05) is 24.5 Å². The van der Waals surface area contributed by atoms with E-state index in [1.165, 1.54) is 30.5 Å². The maximum Gasteiger partial charge on any atom is 0.122 e. The molecule has 0 amide bonds. The molecule has 1 aromatic carbocycles. The van der Waals surface area contributed by atoms with E-state index in [9.17, 15) is 0 Å². The number of nitrogens with zero attached hydrogens (tertiary/aromatic N) is 1. The van der Waals surface area contributed by atoms with E-state index in [-0.39, 0.29) is 0 Å². The highest BCUT2D eigenvalue weighted by molar-refractivity contribution is 5.40. The largest absolute Gasteiger partial charge is 0.493 e. The van der Waals surface area contributed by atoms with E-state index in [1.807, 2.05) is 0 Å². The van der Waals surface area contributed by atoms with Gasteiger partial charge in [-0.25, -0.2) is 0 Å². The SMILES string of the molecule is CCC(NC1CCN(C)C(C)C1)c1ccc2c(c1)CCO2. The smallest absolute Gasteiger partial charge is 0.122 e. The first-order valence-electron chi connectivity index (χ1n) is 8.39. The molecule has 116 valence electrons. The zero-order valence-electron chi connectivity index (χ0n) is 13.6. The highest BCUT2D eigenvalue weighted by Crippen LogP contribution is 2.30. The van der Waals surface area contributed by atoms with Gasteiger partial charge in [0.2, 0.25) is 0 Å². The summed E-state index contributed by atoms with van der Waals surface area (Å²) < 4.78 is 5.62. The van der Waals surface area contributed by atoms with E-state index in [0.29, 0.717) is 18.1 Å². The number of benzene rings is 1. The number of hydrogen-bond acceptors (Lipinski definition) is 3. The standard InChI is InChI=1S/C18H28N2O/c1-4-17(19-16-7-9-20(3)13(2)11-16)14-5-6-18-15(12-14)8-10-21-18/h5-6,12-13,16-17,19H,4,7-11H2,1-3H3. The van der Waals surface area contributed by atoms with E-state index in [4.69, 9.17) is 4.74 Å². The summed E-state index contributed by atoms with van der Waals surface area (Å²) in [5.41, 5.74) is 2.80. The average molecular weight is 288 g/mol. The van der Waals surface area contributed by atoms with Gasteiger partial charge in [0.15, 0.2) is 0 Å². The van der Waals surface area contributed by atoms with E-state index >= 15 is 0 Å². The number of ether oxygens (including phenoxy) is 1. The first-order chi connectivity index (χ1) is 10.2. The van der Waals surface area contributed by atoms with Crippen molar-refractivity contribution in [3.05, 3.63) is 29.3 Å². The van der Waals surface area contributed by atoms with Gasteiger partial charge in [-0.1, -0.05) is 19.1 Å². The van der Waals surface area contributed by atoms with Gasteiger partial charge in [-0.15, -0.1) is 0 Å². The van der Waals surface area contributed by atoms with Gasteiger partial charge in [-0.2, -0.15) is 0 Å². The Bertz CT molecular complexity index is 488.